The van der Waals surface area contributed by atoms with Gasteiger partial charge < -0.3 is 4.90 Å². The molecule has 0 radical (unpaired) electrons. The summed E-state index contributed by atoms with van der Waals surface area (Å²) in [6, 6.07) is 15.1. The van der Waals surface area contributed by atoms with Crippen molar-refractivity contribution in [3.63, 3.8) is 0 Å². The molecule has 3 rings (SSSR count). The second kappa shape index (κ2) is 5.69. The van der Waals surface area contributed by atoms with Crippen LogP contribution < -0.4 is 4.90 Å². The zero-order valence-electron chi connectivity index (χ0n) is 14.6. The average Bonchev–Trinajstić information content (AvgIpc) is 2.76. The molecule has 0 aliphatic carbocycles. The van der Waals surface area contributed by atoms with Crippen molar-refractivity contribution in [2.75, 3.05) is 19.0 Å². The van der Waals surface area contributed by atoms with Crippen LogP contribution in [0.1, 0.15) is 30.5 Å². The van der Waals surface area contributed by atoms with Crippen LogP contribution in [0.15, 0.2) is 53.5 Å². The summed E-state index contributed by atoms with van der Waals surface area (Å²) in [5.74, 6) is 0. The molecule has 0 fully saturated rings. The quantitative estimate of drug-likeness (QED) is 0.766. The first-order chi connectivity index (χ1) is 10.9. The predicted octanol–water partition coefficient (Wildman–Crippen LogP) is 5.14. The van der Waals surface area contributed by atoms with E-state index in [1.165, 1.54) is 22.4 Å². The maximum absolute atomic E-state index is 4.83. The van der Waals surface area contributed by atoms with Crippen molar-refractivity contribution in [1.29, 1.82) is 0 Å². The van der Waals surface area contributed by atoms with Crippen LogP contribution in [0, 0.1) is 6.92 Å². The average molecular weight is 304 g/mol. The summed E-state index contributed by atoms with van der Waals surface area (Å²) in [4.78, 5) is 6.94. The van der Waals surface area contributed by atoms with Crippen molar-refractivity contribution in [3.8, 4) is 0 Å². The van der Waals surface area contributed by atoms with Gasteiger partial charge in [-0.25, -0.2) is 0 Å². The lowest BCUT2D eigenvalue weighted by Crippen LogP contribution is -2.23. The lowest BCUT2D eigenvalue weighted by atomic mass is 9.81. The number of nitrogens with zero attached hydrogens (tertiary/aromatic N) is 2. The van der Waals surface area contributed by atoms with Crippen molar-refractivity contribution >= 4 is 23.2 Å². The van der Waals surface area contributed by atoms with Gasteiger partial charge in [-0.15, -0.1) is 0 Å². The summed E-state index contributed by atoms with van der Waals surface area (Å²) < 4.78 is 0. The number of anilines is 1. The largest absolute Gasteiger partial charge is 0.378 e. The standard InChI is InChI=1S/C21H24N2/c1-15-6-12-19-18(14-15)21(2,3)20(22-19)13-9-16-7-10-17(11-8-16)23(4)5/h6-14H,1-5H3/b13-9+. The van der Waals surface area contributed by atoms with Gasteiger partial charge in [-0.1, -0.05) is 49.8 Å². The van der Waals surface area contributed by atoms with E-state index in [-0.39, 0.29) is 5.41 Å². The molecule has 0 aromatic heterocycles. The molecule has 1 heterocycles. The molecule has 1 aliphatic heterocycles. The normalized spacial score (nSPS) is 15.6. The highest BCUT2D eigenvalue weighted by Crippen LogP contribution is 2.40. The number of rotatable bonds is 3. The van der Waals surface area contributed by atoms with Crippen LogP contribution in [0.2, 0.25) is 0 Å². The number of fused-ring (bicyclic) bond motifs is 1. The third kappa shape index (κ3) is 2.94. The molecule has 1 aliphatic rings. The van der Waals surface area contributed by atoms with Crippen LogP contribution in [0.25, 0.3) is 6.08 Å². The van der Waals surface area contributed by atoms with E-state index in [0.29, 0.717) is 0 Å². The molecule has 2 heteroatoms. The van der Waals surface area contributed by atoms with Crippen molar-refractivity contribution in [3.05, 3.63) is 65.2 Å². The van der Waals surface area contributed by atoms with E-state index >= 15 is 0 Å². The van der Waals surface area contributed by atoms with Gasteiger partial charge in [0.25, 0.3) is 0 Å². The molecule has 0 bridgehead atoms. The fourth-order valence-corrected chi connectivity index (χ4v) is 2.96. The van der Waals surface area contributed by atoms with Crippen molar-refractivity contribution in [2.24, 2.45) is 4.99 Å². The van der Waals surface area contributed by atoms with Crippen LogP contribution in [0.3, 0.4) is 0 Å². The van der Waals surface area contributed by atoms with Crippen LogP contribution in [0.4, 0.5) is 11.4 Å². The Labute approximate surface area is 139 Å². The van der Waals surface area contributed by atoms with Gasteiger partial charge in [0.15, 0.2) is 0 Å². The molecule has 0 amide bonds. The highest BCUT2D eigenvalue weighted by atomic mass is 15.1. The van der Waals surface area contributed by atoms with Gasteiger partial charge in [-0.3, -0.25) is 4.99 Å². The molecule has 118 valence electrons. The summed E-state index contributed by atoms with van der Waals surface area (Å²) in [6.45, 7) is 6.63. The summed E-state index contributed by atoms with van der Waals surface area (Å²) in [7, 11) is 4.11. The second-order valence-corrected chi connectivity index (χ2v) is 6.96. The number of hydrogen-bond donors (Lipinski definition) is 0. The minimum Gasteiger partial charge on any atom is -0.378 e. The monoisotopic (exact) mass is 304 g/mol. The fourth-order valence-electron chi connectivity index (χ4n) is 2.96. The number of hydrogen-bond acceptors (Lipinski definition) is 2. The summed E-state index contributed by atoms with van der Waals surface area (Å²) in [5.41, 5.74) is 7.20. The van der Waals surface area contributed by atoms with Gasteiger partial charge >= 0.3 is 0 Å². The molecule has 0 atom stereocenters. The smallest absolute Gasteiger partial charge is 0.0674 e. The van der Waals surface area contributed by atoms with Crippen LogP contribution in [-0.4, -0.2) is 19.8 Å². The van der Waals surface area contributed by atoms with Crippen molar-refractivity contribution in [2.45, 2.75) is 26.2 Å². The Morgan fingerprint density at radius 3 is 2.30 bits per heavy atom. The Hall–Kier alpha value is -2.35. The molecule has 0 N–H and O–H groups in total. The second-order valence-electron chi connectivity index (χ2n) is 6.96. The molecule has 0 spiro atoms. The van der Waals surface area contributed by atoms with E-state index in [0.717, 1.165) is 11.4 Å². The third-order valence-electron chi connectivity index (χ3n) is 4.55. The Balaban J connectivity index is 1.86. The molecular formula is C21H24N2. The van der Waals surface area contributed by atoms with Crippen LogP contribution >= 0.6 is 0 Å². The fraction of sp³-hybridized carbons (Fsp3) is 0.286. The van der Waals surface area contributed by atoms with Gasteiger partial charge in [-0.05, 0) is 42.3 Å². The Morgan fingerprint density at radius 1 is 0.957 bits per heavy atom. The topological polar surface area (TPSA) is 15.6 Å². The van der Waals surface area contributed by atoms with Crippen LogP contribution in [-0.2, 0) is 5.41 Å². The Morgan fingerprint density at radius 2 is 1.65 bits per heavy atom. The maximum atomic E-state index is 4.83. The van der Waals surface area contributed by atoms with Gasteiger partial charge in [0.1, 0.15) is 0 Å². The molecule has 0 saturated heterocycles. The molecule has 0 unspecified atom stereocenters. The molecule has 0 saturated carbocycles. The summed E-state index contributed by atoms with van der Waals surface area (Å²) in [6.07, 6.45) is 4.30. The van der Waals surface area contributed by atoms with Gasteiger partial charge in [0.05, 0.1) is 11.4 Å². The van der Waals surface area contributed by atoms with Crippen LogP contribution in [0.5, 0.6) is 0 Å². The minimum atomic E-state index is -0.0402. The first-order valence-corrected chi connectivity index (χ1v) is 8.04. The SMILES string of the molecule is Cc1ccc2c(c1)C(C)(C)C(/C=C/c1ccc(N(C)C)cc1)=N2. The van der Waals surface area contributed by atoms with E-state index in [9.17, 15) is 0 Å². The van der Waals surface area contributed by atoms with E-state index in [2.05, 4.69) is 94.4 Å². The first kappa shape index (κ1) is 15.5. The van der Waals surface area contributed by atoms with E-state index in [1.54, 1.807) is 0 Å². The van der Waals surface area contributed by atoms with E-state index in [1.807, 2.05) is 0 Å². The molecular weight excluding hydrogens is 280 g/mol. The predicted molar refractivity (Wildman–Crippen MR) is 101 cm³/mol. The zero-order chi connectivity index (χ0) is 16.6. The lowest BCUT2D eigenvalue weighted by Gasteiger charge is -2.20. The Kier molecular flexibility index (Phi) is 3.85. The molecule has 23 heavy (non-hydrogen) atoms. The number of benzene rings is 2. The molecule has 2 aromatic rings. The maximum Gasteiger partial charge on any atom is 0.0674 e. The third-order valence-corrected chi connectivity index (χ3v) is 4.55. The van der Waals surface area contributed by atoms with Gasteiger partial charge in [0, 0.05) is 25.2 Å². The van der Waals surface area contributed by atoms with Crippen molar-refractivity contribution < 1.29 is 0 Å². The number of allylic oxidation sites excluding steroid dienone is 1. The first-order valence-electron chi connectivity index (χ1n) is 8.04. The summed E-state index contributed by atoms with van der Waals surface area (Å²) >= 11 is 0. The summed E-state index contributed by atoms with van der Waals surface area (Å²) in [5, 5.41) is 0. The minimum absolute atomic E-state index is 0.0402. The van der Waals surface area contributed by atoms with E-state index < -0.39 is 0 Å². The number of aliphatic imine (C=N–C) groups is 1. The number of aryl methyl sites for hydroxylation is 1. The Bertz CT molecular complexity index is 778. The molecule has 2 aromatic carbocycles. The van der Waals surface area contributed by atoms with Crippen molar-refractivity contribution in [1.82, 2.24) is 0 Å². The highest BCUT2D eigenvalue weighted by Gasteiger charge is 2.33. The van der Waals surface area contributed by atoms with E-state index in [4.69, 9.17) is 4.99 Å². The molecule has 2 nitrogen and oxygen atoms in total. The van der Waals surface area contributed by atoms with Gasteiger partial charge in [-0.2, -0.15) is 0 Å². The zero-order valence-corrected chi connectivity index (χ0v) is 14.6. The lowest BCUT2D eigenvalue weighted by molar-refractivity contribution is 0.739. The van der Waals surface area contributed by atoms with Gasteiger partial charge in [0.2, 0.25) is 0 Å². The highest BCUT2D eigenvalue weighted by molar-refractivity contribution is 6.10.